The summed E-state index contributed by atoms with van der Waals surface area (Å²) in [6, 6.07) is 9.48. The SMILES string of the molecule is N#Cc1ncn(CC(=O)NCc2ccc(Br)cc2)n1. The normalized spacial score (nSPS) is 9.89. The van der Waals surface area contributed by atoms with Crippen LogP contribution in [0.25, 0.3) is 0 Å². The Morgan fingerprint density at radius 2 is 2.16 bits per heavy atom. The first kappa shape index (κ1) is 13.2. The Morgan fingerprint density at radius 3 is 2.79 bits per heavy atom. The molecule has 6 nitrogen and oxygen atoms in total. The van der Waals surface area contributed by atoms with Crippen molar-refractivity contribution in [1.29, 1.82) is 5.26 Å². The molecule has 2 aromatic rings. The van der Waals surface area contributed by atoms with Gasteiger partial charge in [-0.05, 0) is 17.7 Å². The van der Waals surface area contributed by atoms with Gasteiger partial charge >= 0.3 is 0 Å². The number of nitrogens with zero attached hydrogens (tertiary/aromatic N) is 4. The van der Waals surface area contributed by atoms with Crippen LogP contribution in [0.4, 0.5) is 0 Å². The van der Waals surface area contributed by atoms with Gasteiger partial charge in [0.1, 0.15) is 18.9 Å². The molecule has 1 aromatic heterocycles. The molecule has 0 aliphatic rings. The maximum atomic E-state index is 11.7. The fourth-order valence-electron chi connectivity index (χ4n) is 1.43. The summed E-state index contributed by atoms with van der Waals surface area (Å²) >= 11 is 3.35. The predicted molar refractivity (Wildman–Crippen MR) is 70.7 cm³/mol. The topological polar surface area (TPSA) is 83.6 Å². The number of amides is 1. The second-order valence-electron chi connectivity index (χ2n) is 3.78. The second kappa shape index (κ2) is 6.11. The summed E-state index contributed by atoms with van der Waals surface area (Å²) in [5.74, 6) is -0.127. The van der Waals surface area contributed by atoms with Crippen LogP contribution in [0, 0.1) is 11.3 Å². The lowest BCUT2D eigenvalue weighted by atomic mass is 10.2. The van der Waals surface area contributed by atoms with Crippen LogP contribution in [0.5, 0.6) is 0 Å². The van der Waals surface area contributed by atoms with Crippen molar-refractivity contribution in [2.45, 2.75) is 13.1 Å². The average molecular weight is 320 g/mol. The number of hydrogen-bond acceptors (Lipinski definition) is 4. The molecule has 0 bridgehead atoms. The van der Waals surface area contributed by atoms with Gasteiger partial charge in [-0.1, -0.05) is 28.1 Å². The number of hydrogen-bond donors (Lipinski definition) is 1. The minimum absolute atomic E-state index is 0.0468. The molecule has 0 saturated heterocycles. The molecule has 0 aliphatic heterocycles. The summed E-state index contributed by atoms with van der Waals surface area (Å²) in [6.07, 6.45) is 1.36. The number of carbonyl (C=O) groups is 1. The Hall–Kier alpha value is -2.20. The average Bonchev–Trinajstić information content (AvgIpc) is 2.86. The summed E-state index contributed by atoms with van der Waals surface area (Å²) in [5.41, 5.74) is 1.01. The van der Waals surface area contributed by atoms with E-state index in [-0.39, 0.29) is 18.3 Å². The van der Waals surface area contributed by atoms with Gasteiger partial charge in [0.15, 0.2) is 0 Å². The minimum Gasteiger partial charge on any atom is -0.350 e. The van der Waals surface area contributed by atoms with E-state index in [0.29, 0.717) is 6.54 Å². The molecule has 0 aliphatic carbocycles. The van der Waals surface area contributed by atoms with Crippen LogP contribution in [0.1, 0.15) is 11.4 Å². The van der Waals surface area contributed by atoms with Crippen molar-refractivity contribution >= 4 is 21.8 Å². The number of benzene rings is 1. The van der Waals surface area contributed by atoms with Crippen LogP contribution in [-0.4, -0.2) is 20.7 Å². The number of halogens is 1. The predicted octanol–water partition coefficient (Wildman–Crippen LogP) is 1.23. The third-order valence-electron chi connectivity index (χ3n) is 2.35. The zero-order chi connectivity index (χ0) is 13.7. The van der Waals surface area contributed by atoms with Gasteiger partial charge in [-0.2, -0.15) is 5.26 Å². The van der Waals surface area contributed by atoms with Crippen LogP contribution in [-0.2, 0) is 17.9 Å². The van der Waals surface area contributed by atoms with Crippen LogP contribution >= 0.6 is 15.9 Å². The number of nitriles is 1. The molecule has 1 amide bonds. The molecule has 1 heterocycles. The lowest BCUT2D eigenvalue weighted by Gasteiger charge is -2.05. The Bertz CT molecular complexity index is 614. The molecule has 0 unspecified atom stereocenters. The standard InChI is InChI=1S/C12H10BrN5O/c13-10-3-1-9(2-4-10)6-15-12(19)7-18-8-16-11(5-14)17-18/h1-4,8H,6-7H2,(H,15,19). The van der Waals surface area contributed by atoms with Crippen molar-refractivity contribution in [2.24, 2.45) is 0 Å². The van der Waals surface area contributed by atoms with E-state index in [1.807, 2.05) is 24.3 Å². The van der Waals surface area contributed by atoms with E-state index in [1.165, 1.54) is 11.0 Å². The molecule has 2 rings (SSSR count). The van der Waals surface area contributed by atoms with Crippen molar-refractivity contribution in [3.8, 4) is 6.07 Å². The number of carbonyl (C=O) groups excluding carboxylic acids is 1. The molecule has 7 heteroatoms. The summed E-state index contributed by atoms with van der Waals surface area (Å²) in [5, 5.41) is 15.1. The fourth-order valence-corrected chi connectivity index (χ4v) is 1.69. The molecular weight excluding hydrogens is 310 g/mol. The third kappa shape index (κ3) is 3.89. The summed E-state index contributed by atoms with van der Waals surface area (Å²) in [7, 11) is 0. The smallest absolute Gasteiger partial charge is 0.252 e. The van der Waals surface area contributed by atoms with Crippen molar-refractivity contribution in [3.05, 3.63) is 46.5 Å². The quantitative estimate of drug-likeness (QED) is 0.918. The van der Waals surface area contributed by atoms with Crippen molar-refractivity contribution in [1.82, 2.24) is 20.1 Å². The first-order valence-corrected chi connectivity index (χ1v) is 6.27. The molecule has 0 spiro atoms. The Kier molecular flexibility index (Phi) is 4.26. The van der Waals surface area contributed by atoms with Gasteiger partial charge in [0.05, 0.1) is 0 Å². The van der Waals surface area contributed by atoms with Gasteiger partial charge in [0.2, 0.25) is 5.91 Å². The number of rotatable bonds is 4. The molecular formula is C12H10BrN5O. The Morgan fingerprint density at radius 1 is 1.42 bits per heavy atom. The molecule has 0 atom stereocenters. The number of nitrogens with one attached hydrogen (secondary N) is 1. The van der Waals surface area contributed by atoms with Crippen molar-refractivity contribution in [3.63, 3.8) is 0 Å². The lowest BCUT2D eigenvalue weighted by Crippen LogP contribution is -2.27. The van der Waals surface area contributed by atoms with Gasteiger partial charge in [-0.15, -0.1) is 5.10 Å². The molecule has 0 radical (unpaired) electrons. The van der Waals surface area contributed by atoms with E-state index in [0.717, 1.165) is 10.0 Å². The molecule has 1 N–H and O–H groups in total. The zero-order valence-corrected chi connectivity index (χ0v) is 11.5. The molecule has 96 valence electrons. The molecule has 1 aromatic carbocycles. The highest BCUT2D eigenvalue weighted by atomic mass is 79.9. The van der Waals surface area contributed by atoms with E-state index in [2.05, 4.69) is 31.3 Å². The minimum atomic E-state index is -0.183. The zero-order valence-electron chi connectivity index (χ0n) is 9.88. The highest BCUT2D eigenvalue weighted by molar-refractivity contribution is 9.10. The van der Waals surface area contributed by atoms with Gasteiger partial charge < -0.3 is 5.32 Å². The van der Waals surface area contributed by atoms with E-state index in [4.69, 9.17) is 5.26 Å². The monoisotopic (exact) mass is 319 g/mol. The summed E-state index contributed by atoms with van der Waals surface area (Å²) in [6.45, 7) is 0.497. The summed E-state index contributed by atoms with van der Waals surface area (Å²) < 4.78 is 2.32. The first-order valence-electron chi connectivity index (χ1n) is 5.48. The van der Waals surface area contributed by atoms with E-state index in [1.54, 1.807) is 6.07 Å². The van der Waals surface area contributed by atoms with Crippen LogP contribution in [0.3, 0.4) is 0 Å². The van der Waals surface area contributed by atoms with Gasteiger partial charge in [0.25, 0.3) is 5.82 Å². The van der Waals surface area contributed by atoms with Crippen LogP contribution < -0.4 is 5.32 Å². The van der Waals surface area contributed by atoms with Gasteiger partial charge in [-0.3, -0.25) is 4.79 Å². The van der Waals surface area contributed by atoms with Crippen molar-refractivity contribution < 1.29 is 4.79 Å². The lowest BCUT2D eigenvalue weighted by molar-refractivity contribution is -0.122. The highest BCUT2D eigenvalue weighted by Gasteiger charge is 2.05. The van der Waals surface area contributed by atoms with E-state index in [9.17, 15) is 4.79 Å². The van der Waals surface area contributed by atoms with E-state index < -0.39 is 0 Å². The summed E-state index contributed by atoms with van der Waals surface area (Å²) in [4.78, 5) is 15.4. The Labute approximate surface area is 118 Å². The third-order valence-corrected chi connectivity index (χ3v) is 2.87. The maximum Gasteiger partial charge on any atom is 0.252 e. The largest absolute Gasteiger partial charge is 0.350 e. The second-order valence-corrected chi connectivity index (χ2v) is 4.70. The molecule has 19 heavy (non-hydrogen) atoms. The molecule has 0 fully saturated rings. The van der Waals surface area contributed by atoms with Crippen LogP contribution in [0.15, 0.2) is 35.1 Å². The van der Waals surface area contributed by atoms with Crippen LogP contribution in [0.2, 0.25) is 0 Å². The first-order chi connectivity index (χ1) is 9.17. The Balaban J connectivity index is 1.84. The fraction of sp³-hybridized carbons (Fsp3) is 0.167. The number of aromatic nitrogens is 3. The highest BCUT2D eigenvalue weighted by Crippen LogP contribution is 2.10. The van der Waals surface area contributed by atoms with Gasteiger partial charge in [-0.25, -0.2) is 9.67 Å². The van der Waals surface area contributed by atoms with Gasteiger partial charge in [0, 0.05) is 11.0 Å². The van der Waals surface area contributed by atoms with Crippen molar-refractivity contribution in [2.75, 3.05) is 0 Å². The maximum absolute atomic E-state index is 11.7. The van der Waals surface area contributed by atoms with E-state index >= 15 is 0 Å². The molecule has 0 saturated carbocycles.